The normalized spacial score (nSPS) is 20.6. The van der Waals surface area contributed by atoms with Crippen LogP contribution in [0.15, 0.2) is 43.0 Å². The van der Waals surface area contributed by atoms with Gasteiger partial charge in [-0.2, -0.15) is 5.01 Å². The molecule has 1 aliphatic rings. The third-order valence-corrected chi connectivity index (χ3v) is 4.30. The van der Waals surface area contributed by atoms with Gasteiger partial charge in [-0.1, -0.05) is 36.4 Å². The SMILES string of the molecule is C=CCCOC(C)C(=O)NN1C(=O)NC(C)(CCc2ccccc2)C1=O. The predicted molar refractivity (Wildman–Crippen MR) is 96.9 cm³/mol. The quantitative estimate of drug-likeness (QED) is 0.401. The highest BCUT2D eigenvalue weighted by atomic mass is 16.5. The molecule has 0 saturated carbocycles. The number of urea groups is 1. The van der Waals surface area contributed by atoms with Crippen molar-refractivity contribution in [2.75, 3.05) is 6.61 Å². The number of carbonyl (C=O) groups is 3. The molecule has 0 radical (unpaired) electrons. The zero-order chi connectivity index (χ0) is 19.2. The second kappa shape index (κ2) is 8.62. The van der Waals surface area contributed by atoms with Crippen LogP contribution >= 0.6 is 0 Å². The molecule has 4 amide bonds. The van der Waals surface area contributed by atoms with Gasteiger partial charge in [0.05, 0.1) is 6.61 Å². The van der Waals surface area contributed by atoms with E-state index in [0.29, 0.717) is 25.9 Å². The number of rotatable bonds is 9. The topological polar surface area (TPSA) is 87.7 Å². The van der Waals surface area contributed by atoms with Crippen molar-refractivity contribution in [2.24, 2.45) is 0 Å². The molecule has 7 heteroatoms. The van der Waals surface area contributed by atoms with E-state index < -0.39 is 29.5 Å². The van der Waals surface area contributed by atoms with Crippen molar-refractivity contribution in [2.45, 2.75) is 44.8 Å². The number of aryl methyl sites for hydroxylation is 1. The first-order chi connectivity index (χ1) is 12.4. The van der Waals surface area contributed by atoms with Crippen LogP contribution in [0.5, 0.6) is 0 Å². The Labute approximate surface area is 153 Å². The Morgan fingerprint density at radius 1 is 1.38 bits per heavy atom. The molecule has 1 saturated heterocycles. The number of nitrogens with zero attached hydrogens (tertiary/aromatic N) is 1. The number of nitrogens with one attached hydrogen (secondary N) is 2. The summed E-state index contributed by atoms with van der Waals surface area (Å²) in [5, 5.41) is 3.40. The Balaban J connectivity index is 1.94. The summed E-state index contributed by atoms with van der Waals surface area (Å²) in [6.45, 7) is 7.13. The standard InChI is InChI=1S/C19H25N3O4/c1-4-5-13-26-14(2)16(23)21-22-17(24)19(3,20-18(22)25)12-11-15-9-7-6-8-10-15/h4,6-10,14H,1,5,11-13H2,2-3H3,(H,20,25)(H,21,23). The lowest BCUT2D eigenvalue weighted by Crippen LogP contribution is -2.51. The van der Waals surface area contributed by atoms with E-state index in [1.54, 1.807) is 19.9 Å². The zero-order valence-corrected chi connectivity index (χ0v) is 15.2. The Kier molecular flexibility index (Phi) is 6.52. The van der Waals surface area contributed by atoms with Crippen LogP contribution in [0.4, 0.5) is 4.79 Å². The summed E-state index contributed by atoms with van der Waals surface area (Å²) < 4.78 is 5.33. The average Bonchev–Trinajstić information content (AvgIpc) is 2.84. The molecule has 1 aromatic carbocycles. The highest BCUT2D eigenvalue weighted by Crippen LogP contribution is 2.22. The molecule has 1 aliphatic heterocycles. The number of hydrogen-bond donors (Lipinski definition) is 2. The van der Waals surface area contributed by atoms with Gasteiger partial charge in [-0.05, 0) is 38.7 Å². The van der Waals surface area contributed by atoms with Crippen molar-refractivity contribution >= 4 is 17.8 Å². The molecule has 2 atom stereocenters. The third-order valence-electron chi connectivity index (χ3n) is 4.30. The number of amides is 4. The molecule has 0 spiro atoms. The minimum absolute atomic E-state index is 0.340. The number of ether oxygens (including phenoxy) is 1. The summed E-state index contributed by atoms with van der Waals surface area (Å²) in [6.07, 6.45) is 2.57. The molecule has 140 valence electrons. The van der Waals surface area contributed by atoms with Crippen molar-refractivity contribution < 1.29 is 19.1 Å². The van der Waals surface area contributed by atoms with Gasteiger partial charge in [0.1, 0.15) is 11.6 Å². The second-order valence-electron chi connectivity index (χ2n) is 6.45. The summed E-state index contributed by atoms with van der Waals surface area (Å²) in [6, 6.07) is 9.06. The second-order valence-corrected chi connectivity index (χ2v) is 6.45. The Morgan fingerprint density at radius 3 is 2.73 bits per heavy atom. The van der Waals surface area contributed by atoms with Crippen molar-refractivity contribution in [3.05, 3.63) is 48.6 Å². The Bertz CT molecular complexity index is 677. The third kappa shape index (κ3) is 4.70. The summed E-state index contributed by atoms with van der Waals surface area (Å²) in [5.74, 6) is -1.03. The molecular formula is C19H25N3O4. The minimum Gasteiger partial charge on any atom is -0.368 e. The number of carbonyl (C=O) groups excluding carboxylic acids is 3. The van der Waals surface area contributed by atoms with Gasteiger partial charge in [0.2, 0.25) is 0 Å². The maximum absolute atomic E-state index is 12.7. The van der Waals surface area contributed by atoms with Gasteiger partial charge in [0.15, 0.2) is 0 Å². The van der Waals surface area contributed by atoms with Gasteiger partial charge in [0, 0.05) is 0 Å². The van der Waals surface area contributed by atoms with Crippen LogP contribution in [0, 0.1) is 0 Å². The van der Waals surface area contributed by atoms with Crippen LogP contribution in [0.3, 0.4) is 0 Å². The van der Waals surface area contributed by atoms with Gasteiger partial charge in [0.25, 0.3) is 11.8 Å². The fourth-order valence-electron chi connectivity index (χ4n) is 2.60. The molecule has 2 N–H and O–H groups in total. The van der Waals surface area contributed by atoms with E-state index in [0.717, 1.165) is 10.6 Å². The van der Waals surface area contributed by atoms with Crippen LogP contribution in [-0.2, 0) is 20.7 Å². The average molecular weight is 359 g/mol. The van der Waals surface area contributed by atoms with Gasteiger partial charge < -0.3 is 10.1 Å². The molecule has 0 bridgehead atoms. The molecule has 26 heavy (non-hydrogen) atoms. The monoisotopic (exact) mass is 359 g/mol. The van der Waals surface area contributed by atoms with Crippen LogP contribution in [-0.4, -0.2) is 41.1 Å². The molecule has 1 heterocycles. The molecule has 2 rings (SSSR count). The van der Waals surface area contributed by atoms with E-state index in [-0.39, 0.29) is 0 Å². The summed E-state index contributed by atoms with van der Waals surface area (Å²) in [5.41, 5.74) is 2.35. The molecule has 0 aliphatic carbocycles. The van der Waals surface area contributed by atoms with Crippen molar-refractivity contribution in [1.29, 1.82) is 0 Å². The number of imide groups is 1. The lowest BCUT2D eigenvalue weighted by molar-refractivity contribution is -0.143. The largest absolute Gasteiger partial charge is 0.368 e. The Hall–Kier alpha value is -2.67. The molecule has 0 aromatic heterocycles. The highest BCUT2D eigenvalue weighted by Gasteiger charge is 2.48. The van der Waals surface area contributed by atoms with Crippen molar-refractivity contribution in [3.63, 3.8) is 0 Å². The first kappa shape index (κ1) is 19.7. The first-order valence-electron chi connectivity index (χ1n) is 8.61. The number of hydrazine groups is 1. The summed E-state index contributed by atoms with van der Waals surface area (Å²) >= 11 is 0. The van der Waals surface area contributed by atoms with Gasteiger partial charge in [-0.3, -0.25) is 15.0 Å². The lowest BCUT2D eigenvalue weighted by Gasteiger charge is -2.22. The smallest absolute Gasteiger partial charge is 0.344 e. The van der Waals surface area contributed by atoms with Gasteiger partial charge >= 0.3 is 6.03 Å². The van der Waals surface area contributed by atoms with E-state index in [2.05, 4.69) is 17.3 Å². The van der Waals surface area contributed by atoms with Crippen LogP contribution in [0.2, 0.25) is 0 Å². The molecule has 1 fully saturated rings. The highest BCUT2D eigenvalue weighted by molar-refractivity contribution is 6.07. The molecule has 1 aromatic rings. The fraction of sp³-hybridized carbons (Fsp3) is 0.421. The molecular weight excluding hydrogens is 334 g/mol. The van der Waals surface area contributed by atoms with E-state index in [4.69, 9.17) is 4.74 Å². The van der Waals surface area contributed by atoms with Crippen molar-refractivity contribution in [1.82, 2.24) is 15.8 Å². The van der Waals surface area contributed by atoms with Crippen LogP contribution < -0.4 is 10.7 Å². The minimum atomic E-state index is -1.06. The molecule has 2 unspecified atom stereocenters. The van der Waals surface area contributed by atoms with Crippen molar-refractivity contribution in [3.8, 4) is 0 Å². The van der Waals surface area contributed by atoms with Gasteiger partial charge in [-0.25, -0.2) is 4.79 Å². The zero-order valence-electron chi connectivity index (χ0n) is 15.2. The maximum Gasteiger partial charge on any atom is 0.344 e. The van der Waals surface area contributed by atoms with E-state index >= 15 is 0 Å². The fourth-order valence-corrected chi connectivity index (χ4v) is 2.60. The lowest BCUT2D eigenvalue weighted by atomic mass is 9.93. The van der Waals surface area contributed by atoms with E-state index in [1.807, 2.05) is 30.3 Å². The number of hydrogen-bond acceptors (Lipinski definition) is 4. The number of benzene rings is 1. The predicted octanol–water partition coefficient (Wildman–Crippen LogP) is 1.94. The Morgan fingerprint density at radius 2 is 2.08 bits per heavy atom. The van der Waals surface area contributed by atoms with Crippen LogP contribution in [0.1, 0.15) is 32.3 Å². The summed E-state index contributed by atoms with van der Waals surface area (Å²) in [7, 11) is 0. The summed E-state index contributed by atoms with van der Waals surface area (Å²) in [4.78, 5) is 36.9. The maximum atomic E-state index is 12.7. The van der Waals surface area contributed by atoms with Gasteiger partial charge in [-0.15, -0.1) is 6.58 Å². The van der Waals surface area contributed by atoms with E-state index in [1.165, 1.54) is 0 Å². The van der Waals surface area contributed by atoms with E-state index in [9.17, 15) is 14.4 Å². The first-order valence-corrected chi connectivity index (χ1v) is 8.61. The molecule has 7 nitrogen and oxygen atoms in total. The van der Waals surface area contributed by atoms with Crippen LogP contribution in [0.25, 0.3) is 0 Å².